The second kappa shape index (κ2) is 7.30. The Labute approximate surface area is 117 Å². The number of carbonyl (C=O) groups is 2. The number of nitrogens with zero attached hydrogens (tertiary/aromatic N) is 1. The molecule has 0 aliphatic heterocycles. The molecule has 108 valence electrons. The zero-order valence-corrected chi connectivity index (χ0v) is 11.6. The van der Waals surface area contributed by atoms with Crippen LogP contribution in [0.2, 0.25) is 0 Å². The largest absolute Gasteiger partial charge is 0.466 e. The van der Waals surface area contributed by atoms with Crippen molar-refractivity contribution < 1.29 is 24.2 Å². The lowest BCUT2D eigenvalue weighted by Gasteiger charge is -2.23. The highest BCUT2D eigenvalue weighted by Gasteiger charge is 2.26. The SMILES string of the molecule is COC(=O)/C(CO)=C(\C(=O)OC)N(C)c1ccccc1. The number of rotatable bonds is 5. The number of hydrogen-bond donors (Lipinski definition) is 1. The molecule has 0 aliphatic carbocycles. The first-order valence-electron chi connectivity index (χ1n) is 5.86. The van der Waals surface area contributed by atoms with Crippen LogP contribution in [0.15, 0.2) is 41.6 Å². The molecule has 0 saturated heterocycles. The lowest BCUT2D eigenvalue weighted by molar-refractivity contribution is -0.139. The maximum absolute atomic E-state index is 11.9. The Bertz CT molecular complexity index is 510. The number of carbonyl (C=O) groups excluding carboxylic acids is 2. The molecule has 6 nitrogen and oxygen atoms in total. The molecule has 0 aromatic heterocycles. The average Bonchev–Trinajstić information content (AvgIpc) is 2.51. The highest BCUT2D eigenvalue weighted by Crippen LogP contribution is 2.20. The van der Waals surface area contributed by atoms with E-state index in [1.807, 2.05) is 6.07 Å². The standard InChI is InChI=1S/C14H17NO5/c1-15(10-7-5-4-6-8-10)12(14(18)20-3)11(9-16)13(17)19-2/h4-8,16H,9H2,1-3H3/b12-11+. The number of esters is 2. The monoisotopic (exact) mass is 279 g/mol. The molecule has 0 radical (unpaired) electrons. The summed E-state index contributed by atoms with van der Waals surface area (Å²) in [5.74, 6) is -1.51. The molecular weight excluding hydrogens is 262 g/mol. The van der Waals surface area contributed by atoms with Crippen LogP contribution in [0, 0.1) is 0 Å². The number of para-hydroxylation sites is 1. The minimum absolute atomic E-state index is 0.0620. The maximum Gasteiger partial charge on any atom is 0.355 e. The number of likely N-dealkylation sites (N-methyl/N-ethyl adjacent to an activating group) is 1. The normalized spacial score (nSPS) is 11.4. The number of methoxy groups -OCH3 is 2. The molecule has 0 unspecified atom stereocenters. The zero-order chi connectivity index (χ0) is 15.1. The second-order valence-electron chi connectivity index (χ2n) is 3.86. The van der Waals surface area contributed by atoms with Gasteiger partial charge in [0.2, 0.25) is 0 Å². The number of ether oxygens (including phenoxy) is 2. The fourth-order valence-corrected chi connectivity index (χ4v) is 1.70. The third-order valence-corrected chi connectivity index (χ3v) is 2.73. The molecule has 0 fully saturated rings. The van der Waals surface area contributed by atoms with Gasteiger partial charge in [-0.05, 0) is 12.1 Å². The molecule has 1 aromatic carbocycles. The van der Waals surface area contributed by atoms with Gasteiger partial charge in [0.1, 0.15) is 5.70 Å². The van der Waals surface area contributed by atoms with E-state index in [9.17, 15) is 14.7 Å². The van der Waals surface area contributed by atoms with Gasteiger partial charge < -0.3 is 19.5 Å². The first kappa shape index (κ1) is 15.7. The van der Waals surface area contributed by atoms with Gasteiger partial charge in [-0.15, -0.1) is 0 Å². The van der Waals surface area contributed by atoms with Gasteiger partial charge in [-0.25, -0.2) is 9.59 Å². The van der Waals surface area contributed by atoms with Crippen LogP contribution in [-0.2, 0) is 19.1 Å². The van der Waals surface area contributed by atoms with Crippen LogP contribution in [-0.4, -0.2) is 44.9 Å². The summed E-state index contributed by atoms with van der Waals surface area (Å²) in [6, 6.07) is 8.92. The summed E-state index contributed by atoms with van der Waals surface area (Å²) in [5.41, 5.74) is 0.446. The van der Waals surface area contributed by atoms with Gasteiger partial charge in [0.15, 0.2) is 0 Å². The molecule has 1 aromatic rings. The van der Waals surface area contributed by atoms with E-state index in [4.69, 9.17) is 0 Å². The summed E-state index contributed by atoms with van der Waals surface area (Å²) in [5, 5.41) is 9.35. The molecule has 20 heavy (non-hydrogen) atoms. The van der Waals surface area contributed by atoms with Crippen molar-refractivity contribution in [2.75, 3.05) is 32.8 Å². The molecule has 6 heteroatoms. The van der Waals surface area contributed by atoms with E-state index in [0.29, 0.717) is 5.69 Å². The summed E-state index contributed by atoms with van der Waals surface area (Å²) in [4.78, 5) is 25.0. The first-order chi connectivity index (χ1) is 9.56. The van der Waals surface area contributed by atoms with E-state index >= 15 is 0 Å². The summed E-state index contributed by atoms with van der Waals surface area (Å²) in [7, 11) is 3.98. The predicted octanol–water partition coefficient (Wildman–Crippen LogP) is 0.715. The van der Waals surface area contributed by atoms with Crippen molar-refractivity contribution in [2.24, 2.45) is 0 Å². The van der Waals surface area contributed by atoms with Gasteiger partial charge >= 0.3 is 11.9 Å². The van der Waals surface area contributed by atoms with Crippen LogP contribution in [0.25, 0.3) is 0 Å². The molecular formula is C14H17NO5. The van der Waals surface area contributed by atoms with Gasteiger partial charge in [0.25, 0.3) is 0 Å². The van der Waals surface area contributed by atoms with E-state index in [1.54, 1.807) is 31.3 Å². The Morgan fingerprint density at radius 3 is 2.10 bits per heavy atom. The number of aliphatic hydroxyl groups is 1. The molecule has 0 amide bonds. The van der Waals surface area contributed by atoms with Gasteiger partial charge in [0, 0.05) is 12.7 Å². The Morgan fingerprint density at radius 1 is 1.10 bits per heavy atom. The number of anilines is 1. The Balaban J connectivity index is 3.35. The molecule has 0 heterocycles. The minimum atomic E-state index is -0.782. The molecule has 0 aliphatic rings. The van der Waals surface area contributed by atoms with Crippen LogP contribution in [0.1, 0.15) is 0 Å². The molecule has 1 N–H and O–H groups in total. The van der Waals surface area contributed by atoms with Crippen LogP contribution in [0.5, 0.6) is 0 Å². The summed E-state index contributed by atoms with van der Waals surface area (Å²) in [6.07, 6.45) is 0. The van der Waals surface area contributed by atoms with Crippen molar-refractivity contribution >= 4 is 17.6 Å². The summed E-state index contributed by atoms with van der Waals surface area (Å²) < 4.78 is 9.25. The fraction of sp³-hybridized carbons (Fsp3) is 0.286. The van der Waals surface area contributed by atoms with Crippen molar-refractivity contribution in [1.82, 2.24) is 0 Å². The van der Waals surface area contributed by atoms with Gasteiger partial charge in [-0.1, -0.05) is 18.2 Å². The van der Waals surface area contributed by atoms with Crippen molar-refractivity contribution in [2.45, 2.75) is 0 Å². The number of aliphatic hydroxyl groups excluding tert-OH is 1. The van der Waals surface area contributed by atoms with Crippen LogP contribution in [0.4, 0.5) is 5.69 Å². The lowest BCUT2D eigenvalue weighted by Crippen LogP contribution is -2.29. The summed E-state index contributed by atoms with van der Waals surface area (Å²) in [6.45, 7) is -0.631. The Morgan fingerprint density at radius 2 is 1.65 bits per heavy atom. The third-order valence-electron chi connectivity index (χ3n) is 2.73. The Hall–Kier alpha value is -2.34. The summed E-state index contributed by atoms with van der Waals surface area (Å²) >= 11 is 0. The van der Waals surface area contributed by atoms with E-state index in [-0.39, 0.29) is 11.3 Å². The van der Waals surface area contributed by atoms with Gasteiger partial charge in [-0.2, -0.15) is 0 Å². The Kier molecular flexibility index (Phi) is 5.74. The predicted molar refractivity (Wildman–Crippen MR) is 73.0 cm³/mol. The average molecular weight is 279 g/mol. The van der Waals surface area contributed by atoms with Crippen molar-refractivity contribution in [3.8, 4) is 0 Å². The smallest absolute Gasteiger partial charge is 0.355 e. The number of hydrogen-bond acceptors (Lipinski definition) is 6. The molecule has 0 bridgehead atoms. The van der Waals surface area contributed by atoms with Crippen LogP contribution < -0.4 is 4.90 Å². The van der Waals surface area contributed by atoms with Crippen molar-refractivity contribution in [1.29, 1.82) is 0 Å². The minimum Gasteiger partial charge on any atom is -0.466 e. The van der Waals surface area contributed by atoms with E-state index in [2.05, 4.69) is 9.47 Å². The van der Waals surface area contributed by atoms with E-state index in [1.165, 1.54) is 19.1 Å². The first-order valence-corrected chi connectivity index (χ1v) is 5.86. The zero-order valence-electron chi connectivity index (χ0n) is 11.6. The second-order valence-corrected chi connectivity index (χ2v) is 3.86. The van der Waals surface area contributed by atoms with Crippen LogP contribution in [0.3, 0.4) is 0 Å². The maximum atomic E-state index is 11.9. The van der Waals surface area contributed by atoms with Crippen molar-refractivity contribution in [3.63, 3.8) is 0 Å². The third kappa shape index (κ3) is 3.36. The topological polar surface area (TPSA) is 76.1 Å². The van der Waals surface area contributed by atoms with E-state index < -0.39 is 18.5 Å². The van der Waals surface area contributed by atoms with Gasteiger partial charge in [-0.3, -0.25) is 0 Å². The lowest BCUT2D eigenvalue weighted by atomic mass is 10.1. The highest BCUT2D eigenvalue weighted by molar-refractivity contribution is 6.02. The molecule has 0 spiro atoms. The van der Waals surface area contributed by atoms with Crippen LogP contribution >= 0.6 is 0 Å². The molecule has 0 atom stereocenters. The van der Waals surface area contributed by atoms with Crippen molar-refractivity contribution in [3.05, 3.63) is 41.6 Å². The molecule has 1 rings (SSSR count). The van der Waals surface area contributed by atoms with Gasteiger partial charge in [0.05, 0.1) is 26.4 Å². The quantitative estimate of drug-likeness (QED) is 0.632. The molecule has 0 saturated carbocycles. The number of benzene rings is 1. The fourth-order valence-electron chi connectivity index (χ4n) is 1.70. The highest BCUT2D eigenvalue weighted by atomic mass is 16.5. The van der Waals surface area contributed by atoms with E-state index in [0.717, 1.165) is 0 Å².